The zero-order valence-corrected chi connectivity index (χ0v) is 15.9. The predicted molar refractivity (Wildman–Crippen MR) is 101 cm³/mol. The first-order valence-corrected chi connectivity index (χ1v) is 9.37. The molecule has 0 aliphatic carbocycles. The van der Waals surface area contributed by atoms with Crippen LogP contribution < -0.4 is 0 Å². The number of carbonyl (C=O) groups is 1. The molecule has 1 fully saturated rings. The first kappa shape index (κ1) is 18.3. The van der Waals surface area contributed by atoms with Crippen LogP contribution in [-0.2, 0) is 0 Å². The van der Waals surface area contributed by atoms with E-state index in [0.717, 1.165) is 25.0 Å². The van der Waals surface area contributed by atoms with Crippen LogP contribution >= 0.6 is 0 Å². The molecule has 4 rings (SSSR count). The molecular weight excluding hydrogens is 359 g/mol. The Kier molecular flexibility index (Phi) is 4.90. The van der Waals surface area contributed by atoms with Crippen molar-refractivity contribution in [2.75, 3.05) is 6.54 Å². The van der Waals surface area contributed by atoms with E-state index in [0.29, 0.717) is 29.4 Å². The molecule has 0 bridgehead atoms. The van der Waals surface area contributed by atoms with Crippen molar-refractivity contribution >= 4 is 5.91 Å². The maximum atomic E-state index is 14.2. The number of halogens is 1. The summed E-state index contributed by atoms with van der Waals surface area (Å²) in [5.74, 6) is 0.343. The van der Waals surface area contributed by atoms with Crippen molar-refractivity contribution in [1.82, 2.24) is 20.0 Å². The molecule has 0 radical (unpaired) electrons. The summed E-state index contributed by atoms with van der Waals surface area (Å²) in [6.07, 6.45) is 4.29. The molecule has 6 nitrogen and oxygen atoms in total. The lowest BCUT2D eigenvalue weighted by molar-refractivity contribution is 0.0601. The normalized spacial score (nSPS) is 17.0. The van der Waals surface area contributed by atoms with Crippen molar-refractivity contribution < 1.29 is 13.7 Å². The molecule has 3 heterocycles. The average Bonchev–Trinajstić information content (AvgIpc) is 3.14. The van der Waals surface area contributed by atoms with Gasteiger partial charge in [0, 0.05) is 18.8 Å². The van der Waals surface area contributed by atoms with E-state index in [1.165, 1.54) is 12.1 Å². The highest BCUT2D eigenvalue weighted by atomic mass is 19.1. The number of piperidine rings is 1. The quantitative estimate of drug-likeness (QED) is 0.679. The molecular formula is C21H21FN4O2. The van der Waals surface area contributed by atoms with Gasteiger partial charge in [-0.2, -0.15) is 0 Å². The van der Waals surface area contributed by atoms with Gasteiger partial charge in [0.15, 0.2) is 5.76 Å². The van der Waals surface area contributed by atoms with Crippen LogP contribution in [0, 0.1) is 19.7 Å². The number of hydrogen-bond acceptors (Lipinski definition) is 5. The van der Waals surface area contributed by atoms with Gasteiger partial charge in [-0.05, 0) is 45.2 Å². The highest BCUT2D eigenvalue weighted by molar-refractivity contribution is 5.95. The van der Waals surface area contributed by atoms with Crippen LogP contribution in [0.2, 0.25) is 0 Å². The average molecular weight is 380 g/mol. The van der Waals surface area contributed by atoms with Crippen LogP contribution in [0.4, 0.5) is 4.39 Å². The van der Waals surface area contributed by atoms with Gasteiger partial charge in [0.2, 0.25) is 0 Å². The standard InChI is InChI=1S/C21H21FN4O2/c1-13-11-19(28-25-13)16-12-23-14(2)24-20(16)18-9-5-6-10-26(18)21(27)15-7-3-4-8-17(15)22/h3-4,7-8,11-12,18H,5-6,9-10H2,1-2H3/t18-/m1/s1. The van der Waals surface area contributed by atoms with Gasteiger partial charge in [-0.3, -0.25) is 4.79 Å². The summed E-state index contributed by atoms with van der Waals surface area (Å²) in [4.78, 5) is 23.8. The second kappa shape index (κ2) is 7.50. The molecule has 1 aliphatic heterocycles. The fraction of sp³-hybridized carbons (Fsp3) is 0.333. The summed E-state index contributed by atoms with van der Waals surface area (Å²) in [5, 5.41) is 3.95. The number of carbonyl (C=O) groups excluding carboxylic acids is 1. The highest BCUT2D eigenvalue weighted by Crippen LogP contribution is 2.36. The Morgan fingerprint density at radius 1 is 1.25 bits per heavy atom. The van der Waals surface area contributed by atoms with Gasteiger partial charge >= 0.3 is 0 Å². The number of rotatable bonds is 3. The largest absolute Gasteiger partial charge is 0.356 e. The molecule has 1 aromatic carbocycles. The van der Waals surface area contributed by atoms with E-state index in [1.807, 2.05) is 19.9 Å². The van der Waals surface area contributed by atoms with Gasteiger partial charge in [0.05, 0.1) is 28.6 Å². The van der Waals surface area contributed by atoms with Crippen LogP contribution in [0.5, 0.6) is 0 Å². The van der Waals surface area contributed by atoms with E-state index < -0.39 is 5.82 Å². The number of amides is 1. The maximum Gasteiger partial charge on any atom is 0.257 e. The summed E-state index contributed by atoms with van der Waals surface area (Å²) in [5.41, 5.74) is 2.26. The summed E-state index contributed by atoms with van der Waals surface area (Å²) < 4.78 is 19.7. The Bertz CT molecular complexity index is 1020. The van der Waals surface area contributed by atoms with Crippen LogP contribution in [0.15, 0.2) is 41.1 Å². The fourth-order valence-electron chi connectivity index (χ4n) is 3.67. The number of aryl methyl sites for hydroxylation is 2. The van der Waals surface area contributed by atoms with Gasteiger partial charge in [0.25, 0.3) is 5.91 Å². The third-order valence-electron chi connectivity index (χ3n) is 5.02. The Morgan fingerprint density at radius 3 is 2.82 bits per heavy atom. The second-order valence-electron chi connectivity index (χ2n) is 7.04. The number of hydrogen-bond donors (Lipinski definition) is 0. The van der Waals surface area contributed by atoms with E-state index >= 15 is 0 Å². The minimum Gasteiger partial charge on any atom is -0.356 e. The topological polar surface area (TPSA) is 72.1 Å². The molecule has 0 unspecified atom stereocenters. The molecule has 3 aromatic rings. The lowest BCUT2D eigenvalue weighted by Gasteiger charge is -2.36. The second-order valence-corrected chi connectivity index (χ2v) is 7.04. The Hall–Kier alpha value is -3.09. The molecule has 7 heteroatoms. The van der Waals surface area contributed by atoms with E-state index in [4.69, 9.17) is 4.52 Å². The number of nitrogens with zero attached hydrogens (tertiary/aromatic N) is 4. The molecule has 1 atom stereocenters. The maximum absolute atomic E-state index is 14.2. The monoisotopic (exact) mass is 380 g/mol. The zero-order chi connectivity index (χ0) is 19.7. The van der Waals surface area contributed by atoms with Crippen molar-refractivity contribution in [3.8, 4) is 11.3 Å². The fourth-order valence-corrected chi connectivity index (χ4v) is 3.67. The highest BCUT2D eigenvalue weighted by Gasteiger charge is 2.33. The molecule has 0 N–H and O–H groups in total. The summed E-state index contributed by atoms with van der Waals surface area (Å²) >= 11 is 0. The van der Waals surface area contributed by atoms with Crippen molar-refractivity contribution in [2.45, 2.75) is 39.2 Å². The molecule has 0 saturated carbocycles. The molecule has 0 spiro atoms. The molecule has 1 amide bonds. The summed E-state index contributed by atoms with van der Waals surface area (Å²) in [6.45, 7) is 4.21. The van der Waals surface area contributed by atoms with Crippen LogP contribution in [0.3, 0.4) is 0 Å². The van der Waals surface area contributed by atoms with Crippen LogP contribution in [0.25, 0.3) is 11.3 Å². The van der Waals surface area contributed by atoms with Gasteiger partial charge < -0.3 is 9.42 Å². The number of likely N-dealkylation sites (tertiary alicyclic amines) is 1. The van der Waals surface area contributed by atoms with Crippen LogP contribution in [-0.4, -0.2) is 32.5 Å². The third-order valence-corrected chi connectivity index (χ3v) is 5.02. The van der Waals surface area contributed by atoms with Gasteiger partial charge in [-0.15, -0.1) is 0 Å². The van der Waals surface area contributed by atoms with E-state index in [-0.39, 0.29) is 17.5 Å². The van der Waals surface area contributed by atoms with Gasteiger partial charge in [-0.1, -0.05) is 17.3 Å². The first-order valence-electron chi connectivity index (χ1n) is 9.37. The zero-order valence-electron chi connectivity index (χ0n) is 15.9. The van der Waals surface area contributed by atoms with Crippen molar-refractivity contribution in [2.24, 2.45) is 0 Å². The molecule has 1 saturated heterocycles. The summed E-state index contributed by atoms with van der Waals surface area (Å²) in [6, 6.07) is 7.63. The smallest absolute Gasteiger partial charge is 0.257 e. The Balaban J connectivity index is 1.77. The molecule has 1 aliphatic rings. The molecule has 2 aromatic heterocycles. The van der Waals surface area contributed by atoms with Crippen molar-refractivity contribution in [1.29, 1.82) is 0 Å². The number of aromatic nitrogens is 3. The SMILES string of the molecule is Cc1cc(-c2cnc(C)nc2[C@H]2CCCCN2C(=O)c2ccccc2F)on1. The van der Waals surface area contributed by atoms with E-state index in [2.05, 4.69) is 15.1 Å². The van der Waals surface area contributed by atoms with E-state index in [1.54, 1.807) is 23.2 Å². The predicted octanol–water partition coefficient (Wildman–Crippen LogP) is 4.25. The summed E-state index contributed by atoms with van der Waals surface area (Å²) in [7, 11) is 0. The Labute approximate surface area is 162 Å². The number of benzene rings is 1. The lowest BCUT2D eigenvalue weighted by atomic mass is 9.94. The van der Waals surface area contributed by atoms with Gasteiger partial charge in [0.1, 0.15) is 11.6 Å². The molecule has 28 heavy (non-hydrogen) atoms. The molecule has 144 valence electrons. The minimum absolute atomic E-state index is 0.0808. The Morgan fingerprint density at radius 2 is 2.07 bits per heavy atom. The van der Waals surface area contributed by atoms with Gasteiger partial charge in [-0.25, -0.2) is 14.4 Å². The van der Waals surface area contributed by atoms with E-state index in [9.17, 15) is 9.18 Å². The third kappa shape index (κ3) is 3.40. The lowest BCUT2D eigenvalue weighted by Crippen LogP contribution is -2.39. The minimum atomic E-state index is -0.512. The first-order chi connectivity index (χ1) is 13.5. The van der Waals surface area contributed by atoms with Crippen LogP contribution in [0.1, 0.15) is 52.9 Å². The van der Waals surface area contributed by atoms with Crippen molar-refractivity contribution in [3.63, 3.8) is 0 Å². The van der Waals surface area contributed by atoms with Crippen molar-refractivity contribution in [3.05, 3.63) is 65.1 Å².